The Balaban J connectivity index is 1.87. The van der Waals surface area contributed by atoms with E-state index in [0.29, 0.717) is 6.04 Å². The van der Waals surface area contributed by atoms with Crippen molar-refractivity contribution in [1.82, 2.24) is 0 Å². The van der Waals surface area contributed by atoms with Crippen LogP contribution in [0.4, 0.5) is 5.69 Å². The molecule has 1 aliphatic heterocycles. The third kappa shape index (κ3) is 3.67. The summed E-state index contributed by atoms with van der Waals surface area (Å²) in [5.41, 5.74) is 1.25. The van der Waals surface area contributed by atoms with Crippen LogP contribution in [0.3, 0.4) is 0 Å². The summed E-state index contributed by atoms with van der Waals surface area (Å²) in [6.07, 6.45) is 6.02. The molecule has 0 saturated carbocycles. The molecule has 1 heterocycles. The summed E-state index contributed by atoms with van der Waals surface area (Å²) in [6.45, 7) is 3.34. The van der Waals surface area contributed by atoms with Crippen molar-refractivity contribution in [3.8, 4) is 17.6 Å². The van der Waals surface area contributed by atoms with E-state index in [9.17, 15) is 0 Å². The molecule has 1 aromatic carbocycles. The second-order valence-electron chi connectivity index (χ2n) is 4.97. The number of rotatable bonds is 5. The molecule has 1 atom stereocenters. The first-order chi connectivity index (χ1) is 9.35. The van der Waals surface area contributed by atoms with Gasteiger partial charge in [-0.15, -0.1) is 5.92 Å². The lowest BCUT2D eigenvalue weighted by Crippen LogP contribution is -2.46. The zero-order chi connectivity index (χ0) is 13.5. The van der Waals surface area contributed by atoms with Crippen molar-refractivity contribution in [3.63, 3.8) is 0 Å². The molecule has 1 aliphatic rings. The van der Waals surface area contributed by atoms with Gasteiger partial charge in [-0.3, -0.25) is 0 Å². The summed E-state index contributed by atoms with van der Waals surface area (Å²) in [5.74, 6) is 7.64. The SMILES string of the molecule is CCCCCC#CC1CCN1c1ccc(OC)cc1. The minimum absolute atomic E-state index is 0.412. The Labute approximate surface area is 116 Å². The molecule has 1 unspecified atom stereocenters. The van der Waals surface area contributed by atoms with Crippen molar-refractivity contribution in [3.05, 3.63) is 24.3 Å². The molecule has 1 aromatic rings. The Morgan fingerprint density at radius 2 is 2.05 bits per heavy atom. The third-order valence-corrected chi connectivity index (χ3v) is 3.60. The van der Waals surface area contributed by atoms with Crippen LogP contribution in [0.15, 0.2) is 24.3 Å². The highest BCUT2D eigenvalue weighted by Crippen LogP contribution is 2.27. The van der Waals surface area contributed by atoms with Gasteiger partial charge >= 0.3 is 0 Å². The van der Waals surface area contributed by atoms with E-state index in [2.05, 4.69) is 35.8 Å². The molecule has 2 rings (SSSR count). The van der Waals surface area contributed by atoms with Gasteiger partial charge in [0.25, 0.3) is 0 Å². The monoisotopic (exact) mass is 257 g/mol. The van der Waals surface area contributed by atoms with Gasteiger partial charge in [0.2, 0.25) is 0 Å². The molecule has 0 aliphatic carbocycles. The first kappa shape index (κ1) is 13.8. The maximum atomic E-state index is 5.18. The molecule has 19 heavy (non-hydrogen) atoms. The van der Waals surface area contributed by atoms with Gasteiger partial charge in [0.05, 0.1) is 13.2 Å². The Morgan fingerprint density at radius 1 is 1.26 bits per heavy atom. The van der Waals surface area contributed by atoms with Crippen LogP contribution in [0.2, 0.25) is 0 Å². The van der Waals surface area contributed by atoms with Crippen LogP contribution in [-0.2, 0) is 0 Å². The van der Waals surface area contributed by atoms with Gasteiger partial charge in [0.1, 0.15) is 5.75 Å². The van der Waals surface area contributed by atoms with Crippen LogP contribution in [0, 0.1) is 11.8 Å². The highest BCUT2D eigenvalue weighted by atomic mass is 16.5. The quantitative estimate of drug-likeness (QED) is 0.586. The van der Waals surface area contributed by atoms with Gasteiger partial charge in [-0.2, -0.15) is 0 Å². The fourth-order valence-corrected chi connectivity index (χ4v) is 2.27. The van der Waals surface area contributed by atoms with Gasteiger partial charge in [-0.1, -0.05) is 25.7 Å². The van der Waals surface area contributed by atoms with Crippen molar-refractivity contribution in [2.45, 2.75) is 45.1 Å². The Morgan fingerprint density at radius 3 is 2.63 bits per heavy atom. The molecule has 0 aromatic heterocycles. The normalized spacial score (nSPS) is 17.4. The molecular formula is C17H23NO. The second-order valence-corrected chi connectivity index (χ2v) is 4.97. The molecular weight excluding hydrogens is 234 g/mol. The minimum atomic E-state index is 0.412. The first-order valence-electron chi connectivity index (χ1n) is 7.24. The predicted octanol–water partition coefficient (Wildman–Crippen LogP) is 3.86. The van der Waals surface area contributed by atoms with Crippen LogP contribution in [-0.4, -0.2) is 19.7 Å². The number of ether oxygens (including phenoxy) is 1. The zero-order valence-electron chi connectivity index (χ0n) is 12.0. The van der Waals surface area contributed by atoms with Crippen LogP contribution in [0.5, 0.6) is 5.75 Å². The molecule has 102 valence electrons. The van der Waals surface area contributed by atoms with Crippen molar-refractivity contribution < 1.29 is 4.74 Å². The highest BCUT2D eigenvalue weighted by Gasteiger charge is 2.26. The van der Waals surface area contributed by atoms with Gasteiger partial charge in [0.15, 0.2) is 0 Å². The lowest BCUT2D eigenvalue weighted by Gasteiger charge is -2.39. The molecule has 2 heteroatoms. The highest BCUT2D eigenvalue weighted by molar-refractivity contribution is 5.54. The fourth-order valence-electron chi connectivity index (χ4n) is 2.27. The van der Waals surface area contributed by atoms with E-state index in [-0.39, 0.29) is 0 Å². The molecule has 0 N–H and O–H groups in total. The van der Waals surface area contributed by atoms with Crippen molar-refractivity contribution in [1.29, 1.82) is 0 Å². The Bertz CT molecular complexity index is 441. The van der Waals surface area contributed by atoms with Gasteiger partial charge in [-0.25, -0.2) is 0 Å². The van der Waals surface area contributed by atoms with E-state index >= 15 is 0 Å². The summed E-state index contributed by atoms with van der Waals surface area (Å²) >= 11 is 0. The molecule has 0 radical (unpaired) electrons. The molecule has 0 bridgehead atoms. The number of nitrogens with zero attached hydrogens (tertiary/aromatic N) is 1. The molecule has 1 saturated heterocycles. The van der Waals surface area contributed by atoms with E-state index in [4.69, 9.17) is 4.74 Å². The fraction of sp³-hybridized carbons (Fsp3) is 0.529. The number of methoxy groups -OCH3 is 1. The molecule has 0 amide bonds. The van der Waals surface area contributed by atoms with E-state index in [1.54, 1.807) is 7.11 Å². The first-order valence-corrected chi connectivity index (χ1v) is 7.24. The summed E-state index contributed by atoms with van der Waals surface area (Å²) < 4.78 is 5.18. The Hall–Kier alpha value is -1.62. The minimum Gasteiger partial charge on any atom is -0.497 e. The van der Waals surface area contributed by atoms with Crippen LogP contribution in [0.1, 0.15) is 39.0 Å². The summed E-state index contributed by atoms with van der Waals surface area (Å²) in [5, 5.41) is 0. The van der Waals surface area contributed by atoms with Crippen molar-refractivity contribution in [2.75, 3.05) is 18.6 Å². The summed E-state index contributed by atoms with van der Waals surface area (Å²) in [6, 6.07) is 8.67. The van der Waals surface area contributed by atoms with E-state index in [1.807, 2.05) is 12.1 Å². The van der Waals surface area contributed by atoms with E-state index < -0.39 is 0 Å². The van der Waals surface area contributed by atoms with Gasteiger partial charge in [-0.05, 0) is 37.1 Å². The smallest absolute Gasteiger partial charge is 0.119 e. The number of hydrogen-bond acceptors (Lipinski definition) is 2. The summed E-state index contributed by atoms with van der Waals surface area (Å²) in [7, 11) is 1.70. The predicted molar refractivity (Wildman–Crippen MR) is 80.7 cm³/mol. The zero-order valence-corrected chi connectivity index (χ0v) is 12.0. The maximum absolute atomic E-state index is 5.18. The van der Waals surface area contributed by atoms with Crippen LogP contribution < -0.4 is 9.64 Å². The lowest BCUT2D eigenvalue weighted by atomic mass is 10.0. The number of hydrogen-bond donors (Lipinski definition) is 0. The number of unbranched alkanes of at least 4 members (excludes halogenated alkanes) is 3. The topological polar surface area (TPSA) is 12.5 Å². The largest absolute Gasteiger partial charge is 0.497 e. The molecule has 1 fully saturated rings. The van der Waals surface area contributed by atoms with Crippen LogP contribution in [0.25, 0.3) is 0 Å². The van der Waals surface area contributed by atoms with E-state index in [0.717, 1.165) is 18.7 Å². The number of anilines is 1. The average Bonchev–Trinajstić information content (AvgIpc) is 2.42. The lowest BCUT2D eigenvalue weighted by molar-refractivity contribution is 0.414. The van der Waals surface area contributed by atoms with Gasteiger partial charge < -0.3 is 9.64 Å². The maximum Gasteiger partial charge on any atom is 0.119 e. The van der Waals surface area contributed by atoms with Crippen molar-refractivity contribution in [2.24, 2.45) is 0 Å². The van der Waals surface area contributed by atoms with Crippen LogP contribution >= 0.6 is 0 Å². The number of benzene rings is 1. The molecule has 2 nitrogen and oxygen atoms in total. The van der Waals surface area contributed by atoms with E-state index in [1.165, 1.54) is 31.4 Å². The standard InChI is InChI=1S/C17H23NO/c1-3-4-5-6-7-8-15-13-14-18(15)16-9-11-17(19-2)12-10-16/h9-12,15H,3-6,13-14H2,1-2H3. The summed E-state index contributed by atoms with van der Waals surface area (Å²) in [4.78, 5) is 2.37. The Kier molecular flexibility index (Phi) is 5.15. The molecule has 0 spiro atoms. The van der Waals surface area contributed by atoms with Crippen molar-refractivity contribution >= 4 is 5.69 Å². The third-order valence-electron chi connectivity index (χ3n) is 3.60. The second kappa shape index (κ2) is 7.09. The van der Waals surface area contributed by atoms with Gasteiger partial charge in [0, 0.05) is 18.7 Å². The average molecular weight is 257 g/mol.